The van der Waals surface area contributed by atoms with E-state index in [2.05, 4.69) is 17.6 Å². The minimum absolute atomic E-state index is 0.0812. The molecule has 0 radical (unpaired) electrons. The number of benzene rings is 2. The highest BCUT2D eigenvalue weighted by molar-refractivity contribution is 7.80. The van der Waals surface area contributed by atoms with Crippen molar-refractivity contribution in [2.24, 2.45) is 0 Å². The van der Waals surface area contributed by atoms with Crippen LogP contribution in [0.3, 0.4) is 0 Å². The third-order valence-corrected chi connectivity index (χ3v) is 6.14. The summed E-state index contributed by atoms with van der Waals surface area (Å²) in [6, 6.07) is 16.0. The van der Waals surface area contributed by atoms with E-state index in [1.54, 1.807) is 29.2 Å². The summed E-state index contributed by atoms with van der Waals surface area (Å²) in [4.78, 5) is 39.5. The van der Waals surface area contributed by atoms with Gasteiger partial charge >= 0.3 is 5.97 Å². The molecule has 0 aromatic heterocycles. The van der Waals surface area contributed by atoms with Crippen LogP contribution in [0.1, 0.15) is 48.5 Å². The Morgan fingerprint density at radius 3 is 2.61 bits per heavy atom. The second-order valence-electron chi connectivity index (χ2n) is 8.47. The lowest BCUT2D eigenvalue weighted by Crippen LogP contribution is -2.60. The Kier molecular flexibility index (Phi) is 10.7. The normalized spacial score (nSPS) is 15.1. The lowest BCUT2D eigenvalue weighted by atomic mass is 10.1. The first-order valence-corrected chi connectivity index (χ1v) is 12.7. The predicted octanol–water partition coefficient (Wildman–Crippen LogP) is 3.25. The van der Waals surface area contributed by atoms with E-state index >= 15 is 0 Å². The highest BCUT2D eigenvalue weighted by Gasteiger charge is 2.34. The van der Waals surface area contributed by atoms with Crippen molar-refractivity contribution in [2.75, 3.05) is 26.3 Å². The van der Waals surface area contributed by atoms with E-state index in [1.165, 1.54) is 0 Å². The fourth-order valence-corrected chi connectivity index (χ4v) is 4.17. The molecular weight excluding hydrogens is 478 g/mol. The van der Waals surface area contributed by atoms with Crippen LogP contribution >= 0.6 is 12.2 Å². The van der Waals surface area contributed by atoms with Gasteiger partial charge in [0, 0.05) is 19.5 Å². The van der Waals surface area contributed by atoms with Crippen molar-refractivity contribution in [1.29, 1.82) is 0 Å². The van der Waals surface area contributed by atoms with Gasteiger partial charge in [0.1, 0.15) is 11.8 Å². The number of nitrogens with zero attached hydrogens (tertiary/aromatic N) is 1. The van der Waals surface area contributed by atoms with Gasteiger partial charge in [-0.25, -0.2) is 0 Å². The number of esters is 1. The van der Waals surface area contributed by atoms with Crippen molar-refractivity contribution in [1.82, 2.24) is 15.5 Å². The smallest absolute Gasteiger partial charge is 0.308 e. The standard InChI is InChI=1S/C27H33N3O5S/c1-2-3-9-17-35-24(31)19-22-26(33)28-15-16-30(22)27(36)29-25(32)21-12-7-8-13-23(21)34-18-14-20-10-5-4-6-11-20/h4-8,10-13,22H,2-3,9,14-19H2,1H3,(H,28,33)(H,29,32,36). The first-order chi connectivity index (χ1) is 17.5. The van der Waals surface area contributed by atoms with Gasteiger partial charge in [0.15, 0.2) is 5.11 Å². The molecule has 1 atom stereocenters. The summed E-state index contributed by atoms with van der Waals surface area (Å²) in [5, 5.41) is 5.53. The quantitative estimate of drug-likeness (QED) is 0.272. The van der Waals surface area contributed by atoms with Gasteiger partial charge in [0.25, 0.3) is 5.91 Å². The maximum absolute atomic E-state index is 13.1. The minimum atomic E-state index is -0.845. The fourth-order valence-electron chi connectivity index (χ4n) is 3.86. The molecular formula is C27H33N3O5S. The zero-order chi connectivity index (χ0) is 25.8. The van der Waals surface area contributed by atoms with E-state index in [0.29, 0.717) is 44.0 Å². The lowest BCUT2D eigenvalue weighted by Gasteiger charge is -2.36. The highest BCUT2D eigenvalue weighted by Crippen LogP contribution is 2.19. The topological polar surface area (TPSA) is 97.0 Å². The van der Waals surface area contributed by atoms with Gasteiger partial charge in [0.2, 0.25) is 5.91 Å². The van der Waals surface area contributed by atoms with Crippen molar-refractivity contribution >= 4 is 35.1 Å². The van der Waals surface area contributed by atoms with Crippen molar-refractivity contribution in [3.63, 3.8) is 0 Å². The van der Waals surface area contributed by atoms with Gasteiger partial charge in [-0.15, -0.1) is 0 Å². The summed E-state index contributed by atoms with van der Waals surface area (Å²) in [6.45, 7) is 3.53. The number of piperazine rings is 1. The van der Waals surface area contributed by atoms with Crippen LogP contribution in [-0.4, -0.2) is 60.1 Å². The molecule has 0 spiro atoms. The zero-order valence-electron chi connectivity index (χ0n) is 20.5. The molecule has 0 aliphatic carbocycles. The molecule has 1 aliphatic heterocycles. The molecule has 3 rings (SSSR count). The van der Waals surface area contributed by atoms with Crippen molar-refractivity contribution in [3.8, 4) is 5.75 Å². The number of hydrogen-bond donors (Lipinski definition) is 2. The van der Waals surface area contributed by atoms with Crippen LogP contribution in [0.4, 0.5) is 0 Å². The Balaban J connectivity index is 1.59. The molecule has 2 aromatic carbocycles. The Morgan fingerprint density at radius 2 is 1.83 bits per heavy atom. The number of rotatable bonds is 11. The number of carbonyl (C=O) groups excluding carboxylic acids is 3. The summed E-state index contributed by atoms with van der Waals surface area (Å²) < 4.78 is 11.2. The Bertz CT molecular complexity index is 1050. The molecule has 9 heteroatoms. The number of hydrogen-bond acceptors (Lipinski definition) is 6. The Morgan fingerprint density at radius 1 is 1.08 bits per heavy atom. The second kappa shape index (κ2) is 14.2. The maximum Gasteiger partial charge on any atom is 0.308 e. The van der Waals surface area contributed by atoms with E-state index in [9.17, 15) is 14.4 Å². The number of thiocarbonyl (C=S) groups is 1. The van der Waals surface area contributed by atoms with E-state index in [0.717, 1.165) is 24.8 Å². The molecule has 1 heterocycles. The molecule has 1 fully saturated rings. The molecule has 0 saturated carbocycles. The van der Waals surface area contributed by atoms with Crippen molar-refractivity contribution in [3.05, 3.63) is 65.7 Å². The third kappa shape index (κ3) is 8.05. The molecule has 192 valence electrons. The minimum Gasteiger partial charge on any atom is -0.492 e. The van der Waals surface area contributed by atoms with Crippen LogP contribution in [-0.2, 0) is 20.7 Å². The summed E-state index contributed by atoms with van der Waals surface area (Å²) in [6.07, 6.45) is 3.33. The average Bonchev–Trinajstić information content (AvgIpc) is 2.88. The van der Waals surface area contributed by atoms with Gasteiger partial charge in [0.05, 0.1) is 25.2 Å². The SMILES string of the molecule is CCCCCOC(=O)CC1C(=O)NCCN1C(=S)NC(=O)c1ccccc1OCCc1ccccc1. The second-order valence-corrected chi connectivity index (χ2v) is 8.86. The van der Waals surface area contributed by atoms with Crippen LogP contribution in [0.25, 0.3) is 0 Å². The third-order valence-electron chi connectivity index (χ3n) is 5.81. The molecule has 1 unspecified atom stereocenters. The van der Waals surface area contributed by atoms with E-state index in [-0.39, 0.29) is 17.4 Å². The number of para-hydroxylation sites is 1. The van der Waals surface area contributed by atoms with E-state index in [1.807, 2.05) is 30.3 Å². The van der Waals surface area contributed by atoms with Gasteiger partial charge in [-0.05, 0) is 36.3 Å². The van der Waals surface area contributed by atoms with Crippen LogP contribution in [0.5, 0.6) is 5.75 Å². The van der Waals surface area contributed by atoms with E-state index in [4.69, 9.17) is 21.7 Å². The maximum atomic E-state index is 13.1. The number of ether oxygens (including phenoxy) is 2. The number of amides is 2. The lowest BCUT2D eigenvalue weighted by molar-refractivity contribution is -0.147. The van der Waals surface area contributed by atoms with Crippen LogP contribution in [0, 0.1) is 0 Å². The van der Waals surface area contributed by atoms with E-state index < -0.39 is 17.9 Å². The summed E-state index contributed by atoms with van der Waals surface area (Å²) in [5.74, 6) is -0.794. The average molecular weight is 512 g/mol. The fraction of sp³-hybridized carbons (Fsp3) is 0.407. The van der Waals surface area contributed by atoms with Crippen LogP contribution in [0.15, 0.2) is 54.6 Å². The van der Waals surface area contributed by atoms with Crippen molar-refractivity contribution < 1.29 is 23.9 Å². The number of nitrogens with one attached hydrogen (secondary N) is 2. The molecule has 8 nitrogen and oxygen atoms in total. The molecule has 2 aromatic rings. The monoisotopic (exact) mass is 511 g/mol. The predicted molar refractivity (Wildman–Crippen MR) is 141 cm³/mol. The van der Waals surface area contributed by atoms with Gasteiger partial charge < -0.3 is 19.7 Å². The molecule has 0 bridgehead atoms. The Labute approximate surface area is 217 Å². The first-order valence-electron chi connectivity index (χ1n) is 12.3. The largest absolute Gasteiger partial charge is 0.492 e. The zero-order valence-corrected chi connectivity index (χ0v) is 21.4. The molecule has 1 aliphatic rings. The van der Waals surface area contributed by atoms with Gasteiger partial charge in [-0.3, -0.25) is 19.7 Å². The molecule has 2 amide bonds. The van der Waals surface area contributed by atoms with Gasteiger partial charge in [-0.2, -0.15) is 0 Å². The summed E-state index contributed by atoms with van der Waals surface area (Å²) in [7, 11) is 0. The molecule has 36 heavy (non-hydrogen) atoms. The van der Waals surface area contributed by atoms with Crippen molar-refractivity contribution in [2.45, 2.75) is 45.1 Å². The van der Waals surface area contributed by atoms with Gasteiger partial charge in [-0.1, -0.05) is 62.2 Å². The first kappa shape index (κ1) is 27.1. The van der Waals surface area contributed by atoms with Crippen LogP contribution < -0.4 is 15.4 Å². The highest BCUT2D eigenvalue weighted by atomic mass is 32.1. The number of carbonyl (C=O) groups is 3. The summed E-state index contributed by atoms with van der Waals surface area (Å²) >= 11 is 5.47. The molecule has 2 N–H and O–H groups in total. The van der Waals surface area contributed by atoms with Crippen LogP contribution in [0.2, 0.25) is 0 Å². The number of unbranched alkanes of at least 4 members (excludes halogenated alkanes) is 2. The molecule has 1 saturated heterocycles. The summed E-state index contributed by atoms with van der Waals surface area (Å²) in [5.41, 5.74) is 1.47. The Hall–Kier alpha value is -3.46.